The van der Waals surface area contributed by atoms with Crippen molar-refractivity contribution in [3.8, 4) is 0 Å². The van der Waals surface area contributed by atoms with Crippen LogP contribution in [0, 0.1) is 0 Å². The molecule has 1 aromatic heterocycles. The molecule has 0 atom stereocenters. The first-order valence-corrected chi connectivity index (χ1v) is 8.78. The standard InChI is InChI=1S/C16H24N2O5S/c1-15(2,14(20)21)11-9-12(23-18-11)17-13(19)16(3,4)24-10-5-7-22-8-6-10/h9-10H,5-8H2,1-4H3,(H,17,19)(H,20,21). The molecule has 0 aliphatic carbocycles. The number of anilines is 1. The number of hydrogen-bond donors (Lipinski definition) is 2. The minimum absolute atomic E-state index is 0.157. The monoisotopic (exact) mass is 356 g/mol. The molecule has 1 saturated heterocycles. The summed E-state index contributed by atoms with van der Waals surface area (Å²) in [6, 6.07) is 1.46. The van der Waals surface area contributed by atoms with Gasteiger partial charge in [0.1, 0.15) is 11.1 Å². The molecule has 1 fully saturated rings. The number of thioether (sulfide) groups is 1. The zero-order chi connectivity index (χ0) is 18.0. The normalized spacial score (nSPS) is 16.8. The van der Waals surface area contributed by atoms with Crippen molar-refractivity contribution in [3.05, 3.63) is 11.8 Å². The van der Waals surface area contributed by atoms with E-state index in [1.807, 2.05) is 13.8 Å². The van der Waals surface area contributed by atoms with Gasteiger partial charge < -0.3 is 14.4 Å². The molecular formula is C16H24N2O5S. The first-order chi connectivity index (χ1) is 11.1. The Morgan fingerprint density at radius 1 is 1.29 bits per heavy atom. The van der Waals surface area contributed by atoms with Crippen LogP contribution in [0.15, 0.2) is 10.6 Å². The molecule has 2 heterocycles. The lowest BCUT2D eigenvalue weighted by Crippen LogP contribution is -2.37. The van der Waals surface area contributed by atoms with E-state index >= 15 is 0 Å². The maximum absolute atomic E-state index is 12.5. The van der Waals surface area contributed by atoms with Gasteiger partial charge >= 0.3 is 5.97 Å². The number of nitrogens with zero attached hydrogens (tertiary/aromatic N) is 1. The molecule has 0 spiro atoms. The van der Waals surface area contributed by atoms with Crippen molar-refractivity contribution in [2.75, 3.05) is 18.5 Å². The maximum atomic E-state index is 12.5. The van der Waals surface area contributed by atoms with Gasteiger partial charge in [0.05, 0.1) is 4.75 Å². The summed E-state index contributed by atoms with van der Waals surface area (Å²) >= 11 is 1.62. The highest BCUT2D eigenvalue weighted by Crippen LogP contribution is 2.35. The minimum Gasteiger partial charge on any atom is -0.481 e. The Hall–Kier alpha value is -1.54. The third-order valence-corrected chi connectivity index (χ3v) is 5.68. The molecule has 1 aliphatic rings. The molecule has 8 heteroatoms. The lowest BCUT2D eigenvalue weighted by atomic mass is 9.90. The van der Waals surface area contributed by atoms with E-state index in [1.54, 1.807) is 11.8 Å². The molecule has 2 N–H and O–H groups in total. The van der Waals surface area contributed by atoms with Crippen molar-refractivity contribution >= 4 is 29.5 Å². The van der Waals surface area contributed by atoms with Gasteiger partial charge in [-0.1, -0.05) is 5.16 Å². The molecule has 134 valence electrons. The summed E-state index contributed by atoms with van der Waals surface area (Å²) in [6.07, 6.45) is 1.86. The molecule has 1 aliphatic heterocycles. The van der Waals surface area contributed by atoms with Gasteiger partial charge in [0, 0.05) is 24.5 Å². The van der Waals surface area contributed by atoms with Crippen LogP contribution in [0.5, 0.6) is 0 Å². The van der Waals surface area contributed by atoms with Crippen molar-refractivity contribution < 1.29 is 24.0 Å². The van der Waals surface area contributed by atoms with Crippen molar-refractivity contribution in [3.63, 3.8) is 0 Å². The van der Waals surface area contributed by atoms with Gasteiger partial charge in [-0.05, 0) is 40.5 Å². The second kappa shape index (κ2) is 7.14. The summed E-state index contributed by atoms with van der Waals surface area (Å²) in [5, 5.41) is 16.1. The van der Waals surface area contributed by atoms with E-state index in [-0.39, 0.29) is 17.5 Å². The molecule has 24 heavy (non-hydrogen) atoms. The number of carboxylic acid groups (broad SMARTS) is 1. The average molecular weight is 356 g/mol. The van der Waals surface area contributed by atoms with E-state index < -0.39 is 16.1 Å². The lowest BCUT2D eigenvalue weighted by Gasteiger charge is -2.30. The van der Waals surface area contributed by atoms with Gasteiger partial charge in [0.2, 0.25) is 11.8 Å². The minimum atomic E-state index is -1.18. The third-order valence-electron chi connectivity index (χ3n) is 4.10. The van der Waals surface area contributed by atoms with Crippen molar-refractivity contribution in [1.82, 2.24) is 5.16 Å². The first kappa shape index (κ1) is 18.8. The van der Waals surface area contributed by atoms with Gasteiger partial charge in [-0.15, -0.1) is 11.8 Å². The van der Waals surface area contributed by atoms with Crippen molar-refractivity contribution in [2.24, 2.45) is 0 Å². The number of carbonyl (C=O) groups is 2. The smallest absolute Gasteiger partial charge is 0.315 e. The highest BCUT2D eigenvalue weighted by atomic mass is 32.2. The van der Waals surface area contributed by atoms with Gasteiger partial charge in [0.25, 0.3) is 0 Å². The second-order valence-electron chi connectivity index (χ2n) is 6.90. The fraction of sp³-hybridized carbons (Fsp3) is 0.688. The average Bonchev–Trinajstić information content (AvgIpc) is 2.97. The number of carbonyl (C=O) groups excluding carboxylic acids is 1. The number of amides is 1. The van der Waals surface area contributed by atoms with Crippen LogP contribution < -0.4 is 5.32 Å². The zero-order valence-electron chi connectivity index (χ0n) is 14.4. The van der Waals surface area contributed by atoms with Crippen LogP contribution in [-0.4, -0.2) is 45.4 Å². The van der Waals surface area contributed by atoms with Crippen LogP contribution in [0.3, 0.4) is 0 Å². The van der Waals surface area contributed by atoms with E-state index in [0.717, 1.165) is 26.1 Å². The lowest BCUT2D eigenvalue weighted by molar-refractivity contribution is -0.142. The summed E-state index contributed by atoms with van der Waals surface area (Å²) in [7, 11) is 0. The Balaban J connectivity index is 2.00. The Morgan fingerprint density at radius 3 is 2.50 bits per heavy atom. The Bertz CT molecular complexity index is 605. The Labute approximate surface area is 145 Å². The number of ether oxygens (including phenoxy) is 1. The summed E-state index contributed by atoms with van der Waals surface area (Å²) in [4.78, 5) is 23.8. The number of carboxylic acids is 1. The fourth-order valence-electron chi connectivity index (χ4n) is 2.26. The Kier molecular flexibility index (Phi) is 5.59. The van der Waals surface area contributed by atoms with E-state index in [0.29, 0.717) is 5.25 Å². The third kappa shape index (κ3) is 4.30. The molecule has 1 amide bonds. The van der Waals surface area contributed by atoms with Crippen molar-refractivity contribution in [1.29, 1.82) is 0 Å². The molecular weight excluding hydrogens is 332 g/mol. The number of aliphatic carboxylic acids is 1. The number of hydrogen-bond acceptors (Lipinski definition) is 6. The summed E-state index contributed by atoms with van der Waals surface area (Å²) < 4.78 is 9.78. The van der Waals surface area contributed by atoms with E-state index in [2.05, 4.69) is 10.5 Å². The van der Waals surface area contributed by atoms with E-state index in [9.17, 15) is 14.7 Å². The van der Waals surface area contributed by atoms with Gasteiger partial charge in [-0.2, -0.15) is 0 Å². The Morgan fingerprint density at radius 2 is 1.92 bits per heavy atom. The molecule has 0 unspecified atom stereocenters. The predicted octanol–water partition coefficient (Wildman–Crippen LogP) is 2.67. The predicted molar refractivity (Wildman–Crippen MR) is 91.3 cm³/mol. The highest BCUT2D eigenvalue weighted by Gasteiger charge is 2.35. The molecule has 1 aromatic rings. The van der Waals surface area contributed by atoms with Gasteiger partial charge in [-0.25, -0.2) is 0 Å². The van der Waals surface area contributed by atoms with E-state index in [1.165, 1.54) is 19.9 Å². The van der Waals surface area contributed by atoms with Crippen LogP contribution >= 0.6 is 11.8 Å². The van der Waals surface area contributed by atoms with Gasteiger partial charge in [-0.3, -0.25) is 14.9 Å². The summed E-state index contributed by atoms with van der Waals surface area (Å²) in [5.74, 6) is -1.05. The SMILES string of the molecule is CC(C)(SC1CCOCC1)C(=O)Nc1cc(C(C)(C)C(=O)O)no1. The molecule has 0 radical (unpaired) electrons. The fourth-order valence-corrected chi connectivity index (χ4v) is 3.68. The topological polar surface area (TPSA) is 102 Å². The molecule has 0 saturated carbocycles. The number of nitrogens with one attached hydrogen (secondary N) is 1. The molecule has 0 bridgehead atoms. The van der Waals surface area contributed by atoms with Crippen LogP contribution in [0.25, 0.3) is 0 Å². The molecule has 0 aromatic carbocycles. The molecule has 2 rings (SSSR count). The number of aromatic nitrogens is 1. The van der Waals surface area contributed by atoms with Crippen molar-refractivity contribution in [2.45, 2.75) is 55.9 Å². The van der Waals surface area contributed by atoms with Crippen LogP contribution in [0.4, 0.5) is 5.88 Å². The highest BCUT2D eigenvalue weighted by molar-refractivity contribution is 8.02. The van der Waals surface area contributed by atoms with Crippen LogP contribution in [-0.2, 0) is 19.7 Å². The second-order valence-corrected chi connectivity index (χ2v) is 8.82. The first-order valence-electron chi connectivity index (χ1n) is 7.90. The maximum Gasteiger partial charge on any atom is 0.315 e. The summed E-state index contributed by atoms with van der Waals surface area (Å²) in [6.45, 7) is 8.24. The van der Waals surface area contributed by atoms with Crippen LogP contribution in [0.2, 0.25) is 0 Å². The molecule has 7 nitrogen and oxygen atoms in total. The quantitative estimate of drug-likeness (QED) is 0.808. The van der Waals surface area contributed by atoms with Crippen LogP contribution in [0.1, 0.15) is 46.2 Å². The number of rotatable bonds is 6. The summed E-state index contributed by atoms with van der Waals surface area (Å²) in [5.41, 5.74) is -0.918. The van der Waals surface area contributed by atoms with Gasteiger partial charge in [0.15, 0.2) is 0 Å². The zero-order valence-corrected chi connectivity index (χ0v) is 15.2. The van der Waals surface area contributed by atoms with E-state index in [4.69, 9.17) is 9.26 Å². The largest absolute Gasteiger partial charge is 0.481 e.